The van der Waals surface area contributed by atoms with Gasteiger partial charge in [0.1, 0.15) is 0 Å². The van der Waals surface area contributed by atoms with E-state index in [0.717, 1.165) is 0 Å². The summed E-state index contributed by atoms with van der Waals surface area (Å²) in [6.45, 7) is 0. The van der Waals surface area contributed by atoms with Crippen molar-refractivity contribution in [3.8, 4) is 22.9 Å². The second kappa shape index (κ2) is 5.70. The highest BCUT2D eigenvalue weighted by atomic mass is 35.5. The number of hydrogen-bond donors (Lipinski definition) is 1. The number of tetrazole rings is 1. The molecule has 17 heavy (non-hydrogen) atoms. The Morgan fingerprint density at radius 2 is 2.00 bits per heavy atom. The van der Waals surface area contributed by atoms with Crippen molar-refractivity contribution in [2.24, 2.45) is 0 Å². The first-order valence-electron chi connectivity index (χ1n) is 4.42. The van der Waals surface area contributed by atoms with Gasteiger partial charge in [-0.05, 0) is 17.3 Å². The van der Waals surface area contributed by atoms with E-state index in [9.17, 15) is 0 Å². The molecule has 0 saturated heterocycles. The quantitative estimate of drug-likeness (QED) is 0.928. The highest BCUT2D eigenvalue weighted by Gasteiger charge is 2.16. The number of ether oxygens (including phenoxy) is 2. The van der Waals surface area contributed by atoms with Gasteiger partial charge in [-0.25, -0.2) is 0 Å². The van der Waals surface area contributed by atoms with Crippen molar-refractivity contribution in [1.29, 1.82) is 0 Å². The number of H-pyrrole nitrogens is 1. The number of hydrogen-bond acceptors (Lipinski definition) is 5. The Morgan fingerprint density at radius 3 is 2.53 bits per heavy atom. The van der Waals surface area contributed by atoms with E-state index in [4.69, 9.17) is 21.1 Å². The first-order valence-corrected chi connectivity index (χ1v) is 4.80. The van der Waals surface area contributed by atoms with E-state index < -0.39 is 0 Å². The number of benzene rings is 1. The zero-order valence-electron chi connectivity index (χ0n) is 9.10. The van der Waals surface area contributed by atoms with Crippen LogP contribution in [-0.4, -0.2) is 34.8 Å². The maximum Gasteiger partial charge on any atom is 0.206 e. The molecule has 1 heterocycles. The fourth-order valence-corrected chi connectivity index (χ4v) is 1.66. The molecular formula is C9H10Cl2N4O2. The Balaban J connectivity index is 0.00000144. The Morgan fingerprint density at radius 1 is 1.24 bits per heavy atom. The molecule has 0 aliphatic carbocycles. The lowest BCUT2D eigenvalue weighted by Crippen LogP contribution is -1.93. The van der Waals surface area contributed by atoms with Crippen LogP contribution in [0.1, 0.15) is 0 Å². The van der Waals surface area contributed by atoms with E-state index in [2.05, 4.69) is 20.6 Å². The molecule has 2 aromatic rings. The third-order valence-corrected chi connectivity index (χ3v) is 2.45. The standard InChI is InChI=1S/C9H9ClN4O2.ClH/c1-15-6-4-3-5(7(10)8(6)16-2)9-11-13-14-12-9;/h3-4H,1-2H3,(H,11,12,13,14);1H. The molecule has 92 valence electrons. The molecule has 2 rings (SSSR count). The fraction of sp³-hybridized carbons (Fsp3) is 0.222. The van der Waals surface area contributed by atoms with Gasteiger partial charge in [-0.3, -0.25) is 0 Å². The van der Waals surface area contributed by atoms with Gasteiger partial charge >= 0.3 is 0 Å². The second-order valence-corrected chi connectivity index (χ2v) is 3.28. The Hall–Kier alpha value is -1.53. The van der Waals surface area contributed by atoms with Crippen molar-refractivity contribution in [3.05, 3.63) is 17.2 Å². The predicted molar refractivity (Wildman–Crippen MR) is 65.0 cm³/mol. The zero-order valence-corrected chi connectivity index (χ0v) is 10.7. The highest BCUT2D eigenvalue weighted by Crippen LogP contribution is 2.40. The van der Waals surface area contributed by atoms with E-state index in [1.54, 1.807) is 19.2 Å². The molecular weight excluding hydrogens is 267 g/mol. The van der Waals surface area contributed by atoms with Crippen LogP contribution in [0.15, 0.2) is 12.1 Å². The van der Waals surface area contributed by atoms with Crippen LogP contribution >= 0.6 is 24.0 Å². The lowest BCUT2D eigenvalue weighted by Gasteiger charge is -2.10. The van der Waals surface area contributed by atoms with E-state index >= 15 is 0 Å². The Bertz CT molecular complexity index is 490. The molecule has 0 bridgehead atoms. The third kappa shape index (κ3) is 2.42. The molecule has 0 aliphatic rings. The first-order chi connectivity index (χ1) is 7.77. The van der Waals surface area contributed by atoms with Crippen LogP contribution in [0, 0.1) is 0 Å². The van der Waals surface area contributed by atoms with Gasteiger partial charge in [0.05, 0.1) is 19.2 Å². The average molecular weight is 277 g/mol. The summed E-state index contributed by atoms with van der Waals surface area (Å²) >= 11 is 6.16. The van der Waals surface area contributed by atoms with Crippen LogP contribution in [0.5, 0.6) is 11.5 Å². The molecule has 0 atom stereocenters. The predicted octanol–water partition coefficient (Wildman–Crippen LogP) is 1.96. The van der Waals surface area contributed by atoms with Gasteiger partial charge in [0.15, 0.2) is 11.5 Å². The van der Waals surface area contributed by atoms with Crippen LogP contribution in [0.4, 0.5) is 0 Å². The maximum atomic E-state index is 6.16. The molecule has 0 fully saturated rings. The van der Waals surface area contributed by atoms with Crippen molar-refractivity contribution >= 4 is 24.0 Å². The van der Waals surface area contributed by atoms with E-state index in [1.165, 1.54) is 7.11 Å². The normalized spacial score (nSPS) is 9.59. The lowest BCUT2D eigenvalue weighted by molar-refractivity contribution is 0.355. The van der Waals surface area contributed by atoms with Crippen molar-refractivity contribution in [2.75, 3.05) is 14.2 Å². The van der Waals surface area contributed by atoms with Gasteiger partial charge in [0, 0.05) is 5.56 Å². The van der Waals surface area contributed by atoms with Crippen LogP contribution in [-0.2, 0) is 0 Å². The molecule has 0 unspecified atom stereocenters. The largest absolute Gasteiger partial charge is 0.493 e. The van der Waals surface area contributed by atoms with E-state index in [-0.39, 0.29) is 12.4 Å². The Kier molecular flexibility index (Phi) is 4.53. The summed E-state index contributed by atoms with van der Waals surface area (Å²) in [4.78, 5) is 0. The number of nitrogens with zero attached hydrogens (tertiary/aromatic N) is 3. The summed E-state index contributed by atoms with van der Waals surface area (Å²) in [5.74, 6) is 1.41. The second-order valence-electron chi connectivity index (χ2n) is 2.90. The third-order valence-electron chi connectivity index (χ3n) is 2.07. The number of nitrogens with one attached hydrogen (secondary N) is 1. The van der Waals surface area contributed by atoms with Gasteiger partial charge in [-0.2, -0.15) is 5.21 Å². The molecule has 0 amide bonds. The highest BCUT2D eigenvalue weighted by molar-refractivity contribution is 6.35. The van der Waals surface area contributed by atoms with Gasteiger partial charge < -0.3 is 9.47 Å². The minimum Gasteiger partial charge on any atom is -0.493 e. The lowest BCUT2D eigenvalue weighted by atomic mass is 10.2. The van der Waals surface area contributed by atoms with E-state index in [1.807, 2.05) is 0 Å². The van der Waals surface area contributed by atoms with Crippen molar-refractivity contribution in [3.63, 3.8) is 0 Å². The fourth-order valence-electron chi connectivity index (χ4n) is 1.34. The SMILES string of the molecule is COc1ccc(-c2nn[nH]n2)c(Cl)c1OC.Cl. The summed E-state index contributed by atoms with van der Waals surface area (Å²) in [6, 6.07) is 3.48. The van der Waals surface area contributed by atoms with Gasteiger partial charge in [0.2, 0.25) is 5.82 Å². The summed E-state index contributed by atoms with van der Waals surface area (Å²) < 4.78 is 10.3. The number of aromatic nitrogens is 4. The number of aromatic amines is 1. The molecule has 1 N–H and O–H groups in total. The molecule has 6 nitrogen and oxygen atoms in total. The minimum atomic E-state index is 0. The van der Waals surface area contributed by atoms with Crippen molar-refractivity contribution in [1.82, 2.24) is 20.6 Å². The smallest absolute Gasteiger partial charge is 0.206 e. The van der Waals surface area contributed by atoms with Crippen LogP contribution in [0.25, 0.3) is 11.4 Å². The van der Waals surface area contributed by atoms with Gasteiger partial charge in [0.25, 0.3) is 0 Å². The molecule has 1 aromatic carbocycles. The Labute approximate surface area is 109 Å². The maximum absolute atomic E-state index is 6.16. The van der Waals surface area contributed by atoms with Crippen molar-refractivity contribution < 1.29 is 9.47 Å². The molecule has 1 aromatic heterocycles. The molecule has 8 heteroatoms. The molecule has 0 saturated carbocycles. The summed E-state index contributed by atoms with van der Waals surface area (Å²) in [7, 11) is 3.06. The van der Waals surface area contributed by atoms with Gasteiger partial charge in [-0.15, -0.1) is 22.6 Å². The van der Waals surface area contributed by atoms with E-state index in [0.29, 0.717) is 27.9 Å². The van der Waals surface area contributed by atoms with Crippen molar-refractivity contribution in [2.45, 2.75) is 0 Å². The molecule has 0 spiro atoms. The zero-order chi connectivity index (χ0) is 11.5. The monoisotopic (exact) mass is 276 g/mol. The number of methoxy groups -OCH3 is 2. The summed E-state index contributed by atoms with van der Waals surface area (Å²) in [5, 5.41) is 13.9. The first kappa shape index (κ1) is 13.5. The number of halogens is 2. The molecule has 0 radical (unpaired) electrons. The van der Waals surface area contributed by atoms with Crippen LogP contribution in [0.3, 0.4) is 0 Å². The number of rotatable bonds is 3. The minimum absolute atomic E-state index is 0. The average Bonchev–Trinajstić information content (AvgIpc) is 2.81. The van der Waals surface area contributed by atoms with Gasteiger partial charge in [-0.1, -0.05) is 11.6 Å². The summed E-state index contributed by atoms with van der Waals surface area (Å²) in [5.41, 5.74) is 0.632. The van der Waals surface area contributed by atoms with Crippen LogP contribution in [0.2, 0.25) is 5.02 Å². The molecule has 0 aliphatic heterocycles. The topological polar surface area (TPSA) is 72.9 Å². The van der Waals surface area contributed by atoms with Crippen LogP contribution < -0.4 is 9.47 Å². The summed E-state index contributed by atoms with van der Waals surface area (Å²) in [6.07, 6.45) is 0.